The number of ether oxygens (including phenoxy) is 2. The van der Waals surface area contributed by atoms with E-state index in [1.165, 1.54) is 8.61 Å². The molecule has 4 aromatic carbocycles. The van der Waals surface area contributed by atoms with E-state index < -0.39 is 50.3 Å². The number of oxime groups is 1. The van der Waals surface area contributed by atoms with Gasteiger partial charge < -0.3 is 45.2 Å². The number of nitrogens with two attached hydrogens (primary N) is 1. The van der Waals surface area contributed by atoms with Crippen molar-refractivity contribution in [1.29, 1.82) is 0 Å². The monoisotopic (exact) mass is 1040 g/mol. The number of nitrogens with zero attached hydrogens (tertiary/aromatic N) is 7. The number of fused-ring (bicyclic) bond motifs is 2. The molecule has 25 heteroatoms. The molecule has 0 spiro atoms. The topological polar surface area (TPSA) is 312 Å². The van der Waals surface area contributed by atoms with Gasteiger partial charge in [-0.1, -0.05) is 108 Å². The van der Waals surface area contributed by atoms with E-state index in [9.17, 15) is 31.2 Å². The molecule has 2 unspecified atom stereocenters. The van der Waals surface area contributed by atoms with Crippen molar-refractivity contribution in [3.8, 4) is 0 Å². The zero-order valence-electron chi connectivity index (χ0n) is 39.5. The maximum atomic E-state index is 13.4. The molecule has 0 aliphatic carbocycles. The van der Waals surface area contributed by atoms with E-state index in [2.05, 4.69) is 45.9 Å². The minimum atomic E-state index is -4.00. The lowest BCUT2D eigenvalue weighted by Gasteiger charge is -2.32. The fraction of sp³-hybridized carbons (Fsp3) is 0.333. The number of hydrogen-bond acceptors (Lipinski definition) is 16. The second-order valence-electron chi connectivity index (χ2n) is 16.9. The van der Waals surface area contributed by atoms with Crippen molar-refractivity contribution in [2.45, 2.75) is 87.0 Å². The summed E-state index contributed by atoms with van der Waals surface area (Å²) in [4.78, 5) is 59.3. The van der Waals surface area contributed by atoms with Crippen molar-refractivity contribution in [2.75, 3.05) is 26.2 Å². The number of para-hydroxylation sites is 4. The van der Waals surface area contributed by atoms with Crippen molar-refractivity contribution < 1.29 is 50.1 Å². The fourth-order valence-electron chi connectivity index (χ4n) is 8.07. The van der Waals surface area contributed by atoms with Crippen LogP contribution in [0.25, 0.3) is 22.1 Å². The number of amidine groups is 1. The van der Waals surface area contributed by atoms with Crippen LogP contribution in [0.5, 0.6) is 0 Å². The third-order valence-electron chi connectivity index (χ3n) is 11.8. The molecule has 73 heavy (non-hydrogen) atoms. The number of rotatable bonds is 17. The van der Waals surface area contributed by atoms with Gasteiger partial charge in [-0.05, 0) is 61.1 Å². The Bertz CT molecular complexity index is 3180. The molecule has 2 aliphatic heterocycles. The number of nitrogens with one attached hydrogen (secondary N) is 4. The van der Waals surface area contributed by atoms with Gasteiger partial charge in [0.1, 0.15) is 13.2 Å². The number of carbonyl (C=O) groups excluding carboxylic acids is 3. The van der Waals surface area contributed by atoms with Crippen molar-refractivity contribution >= 4 is 66.1 Å². The number of hydrogen-bond donors (Lipinski definition) is 5. The molecule has 2 fully saturated rings. The van der Waals surface area contributed by atoms with Crippen molar-refractivity contribution in [3.05, 3.63) is 132 Å². The molecule has 6 N–H and O–H groups in total. The van der Waals surface area contributed by atoms with Gasteiger partial charge in [0, 0.05) is 32.6 Å². The largest absolute Gasteiger partial charge is 0.445 e. The standard InChI is InChI=1S/C24H28N6O6S.C24H26N6O5S/c25-22(29-36-21(31)13-14-26-24(32)35-16-17-8-2-1-3-9-17)20-12-6-7-15-30(20)37(33,34)23-27-18-10-4-5-11-19(18)28-23;31-24(34-16-17-8-2-1-3-9-17)25-14-13-21-28-22(29-35-21)20-12-6-7-15-30(20)36(32,33)23-26-18-10-4-5-11-19(18)27-23/h1-5,8-11,20H,6-7,12-16H2,(H2,25,29)(H,26,32)(H,27,28);1-5,8-11,20H,6-7,12-16H2,(H,25,31)(H,26,27). The van der Waals surface area contributed by atoms with Gasteiger partial charge >= 0.3 is 18.2 Å². The summed E-state index contributed by atoms with van der Waals surface area (Å²) in [6.45, 7) is 1.05. The van der Waals surface area contributed by atoms with Gasteiger partial charge in [-0.2, -0.15) is 13.6 Å². The summed E-state index contributed by atoms with van der Waals surface area (Å²) in [5.74, 6) is -0.271. The van der Waals surface area contributed by atoms with E-state index in [0.29, 0.717) is 59.6 Å². The van der Waals surface area contributed by atoms with Gasteiger partial charge in [0.2, 0.25) is 16.2 Å². The quantitative estimate of drug-likeness (QED) is 0.0322. The summed E-state index contributed by atoms with van der Waals surface area (Å²) in [6.07, 6.45) is 2.83. The molecule has 2 saturated heterocycles. The predicted octanol–water partition coefficient (Wildman–Crippen LogP) is 5.57. The lowest BCUT2D eigenvalue weighted by atomic mass is 10.0. The van der Waals surface area contributed by atoms with Crippen molar-refractivity contribution in [2.24, 2.45) is 10.9 Å². The fourth-order valence-corrected chi connectivity index (χ4v) is 11.2. The van der Waals surface area contributed by atoms with E-state index in [1.54, 1.807) is 36.4 Å². The SMILES string of the molecule is NC(=NOC(=O)CCNC(=O)OCc1ccccc1)C1CCCCN1S(=O)(=O)c1nc2ccccc2[nH]1.O=C(NCCc1nc(C2CCCCN2S(=O)(=O)c2nc3ccccc3[nH]2)no1)OCc1ccccc1. The molecule has 9 rings (SSSR count). The van der Waals surface area contributed by atoms with Crippen LogP contribution in [0.15, 0.2) is 129 Å². The van der Waals surface area contributed by atoms with Crippen LogP contribution in [0.1, 0.15) is 73.8 Å². The van der Waals surface area contributed by atoms with Crippen LogP contribution in [0, 0.1) is 0 Å². The molecule has 0 bridgehead atoms. The third kappa shape index (κ3) is 13.4. The molecule has 3 aromatic heterocycles. The Morgan fingerprint density at radius 3 is 1.78 bits per heavy atom. The Hall–Kier alpha value is -7.74. The van der Waals surface area contributed by atoms with Gasteiger partial charge in [0.25, 0.3) is 20.0 Å². The molecule has 5 heterocycles. The molecule has 2 aliphatic rings. The lowest BCUT2D eigenvalue weighted by molar-refractivity contribution is -0.143. The summed E-state index contributed by atoms with van der Waals surface area (Å²) in [6, 6.07) is 31.4. The molecule has 384 valence electrons. The van der Waals surface area contributed by atoms with Gasteiger partial charge in [0.15, 0.2) is 11.7 Å². The number of carbonyl (C=O) groups is 3. The number of piperidine rings is 2. The predicted molar refractivity (Wildman–Crippen MR) is 264 cm³/mol. The van der Waals surface area contributed by atoms with Crippen LogP contribution in [0.4, 0.5) is 9.59 Å². The number of aromatic amines is 2. The highest BCUT2D eigenvalue weighted by Gasteiger charge is 2.40. The number of amides is 2. The van der Waals surface area contributed by atoms with Crippen LogP contribution in [-0.4, -0.2) is 112 Å². The van der Waals surface area contributed by atoms with E-state index >= 15 is 0 Å². The van der Waals surface area contributed by atoms with Crippen molar-refractivity contribution in [3.63, 3.8) is 0 Å². The second-order valence-corrected chi connectivity index (χ2v) is 20.5. The van der Waals surface area contributed by atoms with Crippen LogP contribution >= 0.6 is 0 Å². The Balaban J connectivity index is 0.000000195. The summed E-state index contributed by atoms with van der Waals surface area (Å²) in [5.41, 5.74) is 10.2. The molecular weight excluding hydrogens is 985 g/mol. The van der Waals surface area contributed by atoms with Gasteiger partial charge in [-0.25, -0.2) is 41.2 Å². The van der Waals surface area contributed by atoms with E-state index in [1.807, 2.05) is 72.8 Å². The third-order valence-corrected chi connectivity index (χ3v) is 15.2. The maximum Gasteiger partial charge on any atom is 0.407 e. The molecule has 23 nitrogen and oxygen atoms in total. The molecular formula is C48H54N12O11S2. The number of benzene rings is 4. The van der Waals surface area contributed by atoms with E-state index in [4.69, 9.17) is 24.6 Å². The first-order valence-corrected chi connectivity index (χ1v) is 26.4. The lowest BCUT2D eigenvalue weighted by Crippen LogP contribution is -2.50. The second kappa shape index (κ2) is 24.1. The van der Waals surface area contributed by atoms with Crippen LogP contribution in [0.3, 0.4) is 0 Å². The average molecular weight is 1040 g/mol. The summed E-state index contributed by atoms with van der Waals surface area (Å²) < 4.78 is 71.7. The van der Waals surface area contributed by atoms with Crippen LogP contribution in [-0.2, 0) is 58.8 Å². The molecule has 7 aromatic rings. The first-order valence-electron chi connectivity index (χ1n) is 23.5. The highest BCUT2D eigenvalue weighted by Crippen LogP contribution is 2.34. The molecule has 0 saturated carbocycles. The normalized spacial score (nSPS) is 16.8. The Labute approximate surface area is 420 Å². The summed E-state index contributed by atoms with van der Waals surface area (Å²) in [7, 11) is -7.90. The highest BCUT2D eigenvalue weighted by atomic mass is 32.2. The molecule has 2 atom stereocenters. The molecule has 2 amide bonds. The van der Waals surface area contributed by atoms with Crippen molar-refractivity contribution in [1.82, 2.24) is 49.3 Å². The minimum Gasteiger partial charge on any atom is -0.445 e. The average Bonchev–Trinajstić information content (AvgIpc) is 4.20. The Morgan fingerprint density at radius 1 is 0.671 bits per heavy atom. The smallest absolute Gasteiger partial charge is 0.407 e. The van der Waals surface area contributed by atoms with Gasteiger partial charge in [-0.15, -0.1) is 0 Å². The van der Waals surface area contributed by atoms with Crippen LogP contribution < -0.4 is 16.4 Å². The Kier molecular flexibility index (Phi) is 17.1. The number of H-pyrrole nitrogens is 2. The van der Waals surface area contributed by atoms with Gasteiger partial charge in [-0.3, -0.25) is 0 Å². The first-order chi connectivity index (χ1) is 35.3. The maximum absolute atomic E-state index is 13.4. The first kappa shape index (κ1) is 51.6. The Morgan fingerprint density at radius 2 is 1.19 bits per heavy atom. The van der Waals surface area contributed by atoms with E-state index in [0.717, 1.165) is 30.4 Å². The number of alkyl carbamates (subject to hydrolysis) is 2. The van der Waals surface area contributed by atoms with Gasteiger partial charge in [0.05, 0.1) is 40.6 Å². The number of imidazole rings is 2. The zero-order valence-corrected chi connectivity index (χ0v) is 41.1. The van der Waals surface area contributed by atoms with E-state index in [-0.39, 0.29) is 61.8 Å². The summed E-state index contributed by atoms with van der Waals surface area (Å²) in [5, 5.41) is 12.5. The highest BCUT2D eigenvalue weighted by molar-refractivity contribution is 7.89. The minimum absolute atomic E-state index is 0.0299. The number of aromatic nitrogens is 6. The number of sulfonamides is 2. The molecule has 0 radical (unpaired) electrons. The van der Waals surface area contributed by atoms with Crippen LogP contribution in [0.2, 0.25) is 0 Å². The zero-order chi connectivity index (χ0) is 51.2. The summed E-state index contributed by atoms with van der Waals surface area (Å²) >= 11 is 0.